The Bertz CT molecular complexity index is 583. The highest BCUT2D eigenvalue weighted by Gasteiger charge is 2.51. The molecular weight excluding hydrogens is 269 g/mol. The van der Waals surface area contributed by atoms with Crippen molar-refractivity contribution in [2.24, 2.45) is 5.73 Å². The number of fused-ring (bicyclic) bond motifs is 1. The largest absolute Gasteiger partial charge is 0.494 e. The van der Waals surface area contributed by atoms with Crippen LogP contribution < -0.4 is 15.9 Å². The highest BCUT2D eigenvalue weighted by molar-refractivity contribution is 6.62. The third kappa shape index (κ3) is 2.32. The zero-order valence-electron chi connectivity index (χ0n) is 12.6. The fourth-order valence-corrected chi connectivity index (χ4v) is 2.31. The summed E-state index contributed by atoms with van der Waals surface area (Å²) < 4.78 is 17.5. The first-order valence-electron chi connectivity index (χ1n) is 6.92. The molecule has 1 unspecified atom stereocenters. The number of carbonyl (C=O) groups is 1. The van der Waals surface area contributed by atoms with E-state index in [4.69, 9.17) is 19.8 Å². The van der Waals surface area contributed by atoms with Gasteiger partial charge in [-0.1, -0.05) is 12.1 Å². The summed E-state index contributed by atoms with van der Waals surface area (Å²) in [4.78, 5) is 11.2. The highest BCUT2D eigenvalue weighted by atomic mass is 16.7. The lowest BCUT2D eigenvalue weighted by atomic mass is 9.78. The summed E-state index contributed by atoms with van der Waals surface area (Å²) in [5.41, 5.74) is 6.02. The Balaban J connectivity index is 1.84. The molecule has 2 heterocycles. The molecule has 1 aromatic carbocycles. The quantitative estimate of drug-likeness (QED) is 0.811. The van der Waals surface area contributed by atoms with Gasteiger partial charge in [-0.2, -0.15) is 0 Å². The van der Waals surface area contributed by atoms with Gasteiger partial charge in [0.05, 0.1) is 17.6 Å². The molecule has 0 spiro atoms. The van der Waals surface area contributed by atoms with Crippen molar-refractivity contribution in [1.82, 2.24) is 0 Å². The van der Waals surface area contributed by atoms with E-state index in [1.165, 1.54) is 0 Å². The molecule has 6 heteroatoms. The van der Waals surface area contributed by atoms with E-state index in [2.05, 4.69) is 6.42 Å². The van der Waals surface area contributed by atoms with Crippen LogP contribution >= 0.6 is 0 Å². The number of ether oxygens (including phenoxy) is 1. The van der Waals surface area contributed by atoms with Gasteiger partial charge in [-0.25, -0.2) is 0 Å². The number of carbonyl (C=O) groups excluding carboxylic acids is 1. The molecule has 2 aliphatic rings. The number of amides is 1. The van der Waals surface area contributed by atoms with E-state index in [1.54, 1.807) is 0 Å². The molecule has 1 fully saturated rings. The first kappa shape index (κ1) is 14.4. The third-order valence-corrected chi connectivity index (χ3v) is 4.32. The standard InChI is InChI=1S/C15H18BNO4/c1-14(2)15(3,4)21-16(20-14)10-6-5-9-7-12(13(17)18)19-11(9)8-10/h5-6,8,12H,1-4H3,(H2,17,18). The highest BCUT2D eigenvalue weighted by Crippen LogP contribution is 2.37. The van der Waals surface area contributed by atoms with Crippen molar-refractivity contribution < 1.29 is 18.8 Å². The normalized spacial score (nSPS) is 25.5. The van der Waals surface area contributed by atoms with Crippen molar-refractivity contribution in [3.05, 3.63) is 30.2 Å². The van der Waals surface area contributed by atoms with Crippen molar-refractivity contribution in [2.45, 2.75) is 45.0 Å². The fraction of sp³-hybridized carbons (Fsp3) is 0.467. The summed E-state index contributed by atoms with van der Waals surface area (Å²) in [6.07, 6.45) is 2.08. The van der Waals surface area contributed by atoms with Gasteiger partial charge in [-0.3, -0.25) is 4.79 Å². The Labute approximate surface area is 124 Å². The molecular formula is C15H18BNO4. The van der Waals surface area contributed by atoms with Crippen molar-refractivity contribution in [3.63, 3.8) is 0 Å². The molecule has 1 amide bonds. The Kier molecular flexibility index (Phi) is 3.08. The Morgan fingerprint density at radius 2 is 1.86 bits per heavy atom. The third-order valence-electron chi connectivity index (χ3n) is 4.32. The minimum absolute atomic E-state index is 0.397. The molecule has 110 valence electrons. The molecule has 2 N–H and O–H groups in total. The SMILES string of the molecule is CC1(C)OB(c2ccc3c(c2)OC(C(N)=O)[C]3)OC1(C)C. The van der Waals surface area contributed by atoms with Gasteiger partial charge < -0.3 is 19.8 Å². The van der Waals surface area contributed by atoms with E-state index < -0.39 is 30.3 Å². The van der Waals surface area contributed by atoms with Gasteiger partial charge >= 0.3 is 7.12 Å². The van der Waals surface area contributed by atoms with Crippen LogP contribution in [0.1, 0.15) is 33.3 Å². The molecule has 0 aliphatic carbocycles. The molecule has 0 aromatic heterocycles. The second-order valence-corrected chi connectivity index (χ2v) is 6.39. The number of nitrogens with two attached hydrogens (primary N) is 1. The van der Waals surface area contributed by atoms with E-state index in [1.807, 2.05) is 45.9 Å². The monoisotopic (exact) mass is 287 g/mol. The first-order valence-corrected chi connectivity index (χ1v) is 6.92. The molecule has 3 rings (SSSR count). The average Bonchev–Trinajstić information content (AvgIpc) is 2.88. The van der Waals surface area contributed by atoms with Crippen LogP contribution in [0.2, 0.25) is 0 Å². The van der Waals surface area contributed by atoms with Gasteiger partial charge in [0, 0.05) is 5.56 Å². The van der Waals surface area contributed by atoms with Crippen LogP contribution in [0.3, 0.4) is 0 Å². The number of benzene rings is 1. The number of hydrogen-bond acceptors (Lipinski definition) is 4. The van der Waals surface area contributed by atoms with Crippen LogP contribution in [0.5, 0.6) is 5.75 Å². The van der Waals surface area contributed by atoms with Crippen LogP contribution in [-0.2, 0) is 14.1 Å². The minimum Gasteiger partial charge on any atom is -0.479 e. The Morgan fingerprint density at radius 1 is 1.24 bits per heavy atom. The van der Waals surface area contributed by atoms with E-state index in [-0.39, 0.29) is 0 Å². The van der Waals surface area contributed by atoms with E-state index >= 15 is 0 Å². The molecule has 0 bridgehead atoms. The lowest BCUT2D eigenvalue weighted by Gasteiger charge is -2.32. The summed E-state index contributed by atoms with van der Waals surface area (Å²) >= 11 is 0. The molecule has 5 nitrogen and oxygen atoms in total. The summed E-state index contributed by atoms with van der Waals surface area (Å²) in [5, 5.41) is 0. The summed E-state index contributed by atoms with van der Waals surface area (Å²) in [5.74, 6) is 0.0226. The maximum Gasteiger partial charge on any atom is 0.494 e. The number of rotatable bonds is 2. The van der Waals surface area contributed by atoms with Gasteiger partial charge in [0.2, 0.25) is 0 Å². The van der Waals surface area contributed by atoms with E-state index in [9.17, 15) is 4.79 Å². The van der Waals surface area contributed by atoms with Gasteiger partial charge in [-0.05, 0) is 39.2 Å². The predicted molar refractivity (Wildman–Crippen MR) is 78.1 cm³/mol. The van der Waals surface area contributed by atoms with Crippen molar-refractivity contribution in [1.29, 1.82) is 0 Å². The van der Waals surface area contributed by atoms with E-state index in [0.717, 1.165) is 11.0 Å². The van der Waals surface area contributed by atoms with Crippen molar-refractivity contribution >= 4 is 18.5 Å². The lowest BCUT2D eigenvalue weighted by Crippen LogP contribution is -2.41. The zero-order chi connectivity index (χ0) is 15.4. The maximum atomic E-state index is 11.2. The minimum atomic E-state index is -0.825. The molecule has 2 aliphatic heterocycles. The fourth-order valence-electron chi connectivity index (χ4n) is 2.31. The molecule has 1 aromatic rings. The van der Waals surface area contributed by atoms with Crippen molar-refractivity contribution in [2.75, 3.05) is 0 Å². The topological polar surface area (TPSA) is 70.8 Å². The molecule has 0 saturated carbocycles. The van der Waals surface area contributed by atoms with Gasteiger partial charge in [-0.15, -0.1) is 0 Å². The Hall–Kier alpha value is -1.53. The zero-order valence-corrected chi connectivity index (χ0v) is 12.6. The summed E-state index contributed by atoms with van der Waals surface area (Å²) in [6, 6.07) is 5.53. The molecule has 1 atom stereocenters. The molecule has 2 radical (unpaired) electrons. The van der Waals surface area contributed by atoms with Gasteiger partial charge in [0.1, 0.15) is 5.75 Å². The van der Waals surface area contributed by atoms with E-state index in [0.29, 0.717) is 5.75 Å². The summed E-state index contributed by atoms with van der Waals surface area (Å²) in [7, 11) is -0.462. The number of hydrogen-bond donors (Lipinski definition) is 1. The second-order valence-electron chi connectivity index (χ2n) is 6.39. The maximum absolute atomic E-state index is 11.2. The molecule has 21 heavy (non-hydrogen) atoms. The second kappa shape index (κ2) is 4.48. The lowest BCUT2D eigenvalue weighted by molar-refractivity contribution is -0.122. The van der Waals surface area contributed by atoms with Crippen LogP contribution in [0, 0.1) is 6.42 Å². The molecule has 1 saturated heterocycles. The van der Waals surface area contributed by atoms with Crippen LogP contribution in [0.25, 0.3) is 0 Å². The van der Waals surface area contributed by atoms with Crippen LogP contribution in [0.4, 0.5) is 0 Å². The Morgan fingerprint density at radius 3 is 2.43 bits per heavy atom. The predicted octanol–water partition coefficient (Wildman–Crippen LogP) is 0.661. The smallest absolute Gasteiger partial charge is 0.479 e. The van der Waals surface area contributed by atoms with Crippen molar-refractivity contribution in [3.8, 4) is 5.75 Å². The van der Waals surface area contributed by atoms with Crippen LogP contribution in [0.15, 0.2) is 18.2 Å². The summed E-state index contributed by atoms with van der Waals surface area (Å²) in [6.45, 7) is 8.01. The average molecular weight is 287 g/mol. The van der Waals surface area contributed by atoms with Gasteiger partial charge in [0.15, 0.2) is 6.10 Å². The first-order chi connectivity index (χ1) is 9.69. The van der Waals surface area contributed by atoms with Gasteiger partial charge in [0.25, 0.3) is 5.91 Å². The van der Waals surface area contributed by atoms with Crippen LogP contribution in [-0.4, -0.2) is 30.3 Å². The number of primary amides is 1.